The van der Waals surface area contributed by atoms with Gasteiger partial charge in [0, 0.05) is 13.1 Å². The lowest BCUT2D eigenvalue weighted by molar-refractivity contribution is 0.191. The minimum atomic E-state index is -0.353. The number of nitrogens with one attached hydrogen (secondary N) is 1. The van der Waals surface area contributed by atoms with Crippen LogP contribution >= 0.6 is 15.9 Å². The normalized spacial score (nSPS) is 12.6. The Morgan fingerprint density at radius 2 is 2.00 bits per heavy atom. The summed E-state index contributed by atoms with van der Waals surface area (Å²) in [6.07, 6.45) is -0.266. The molecule has 0 amide bonds. The molecule has 0 unspecified atom stereocenters. The fraction of sp³-hybridized carbons (Fsp3) is 0.600. The van der Waals surface area contributed by atoms with E-state index in [1.807, 2.05) is 32.9 Å². The van der Waals surface area contributed by atoms with Gasteiger partial charge in [0.25, 0.3) is 0 Å². The third-order valence-electron chi connectivity index (χ3n) is 2.49. The zero-order valence-corrected chi connectivity index (χ0v) is 14.2. The molecule has 20 heavy (non-hydrogen) atoms. The summed E-state index contributed by atoms with van der Waals surface area (Å²) in [5, 5.41) is 12.4. The highest BCUT2D eigenvalue weighted by atomic mass is 79.9. The summed E-state index contributed by atoms with van der Waals surface area (Å²) in [6.45, 7) is 9.50. The van der Waals surface area contributed by atoms with E-state index in [1.165, 1.54) is 0 Å². The average molecular weight is 346 g/mol. The van der Waals surface area contributed by atoms with Gasteiger partial charge in [0.1, 0.15) is 0 Å². The first kappa shape index (κ1) is 17.3. The molecule has 0 fully saturated rings. The molecular formula is C15H24BrNO3. The smallest absolute Gasteiger partial charge is 0.175 e. The molecule has 0 aliphatic carbocycles. The second-order valence-corrected chi connectivity index (χ2v) is 5.84. The highest BCUT2D eigenvalue weighted by Crippen LogP contribution is 2.37. The van der Waals surface area contributed by atoms with Gasteiger partial charge in [0.05, 0.1) is 23.3 Å². The largest absolute Gasteiger partial charge is 0.490 e. The van der Waals surface area contributed by atoms with Crippen molar-refractivity contribution in [3.8, 4) is 11.5 Å². The molecule has 4 nitrogen and oxygen atoms in total. The summed E-state index contributed by atoms with van der Waals surface area (Å²) in [7, 11) is 0. The van der Waals surface area contributed by atoms with Crippen LogP contribution in [0.3, 0.4) is 0 Å². The molecule has 0 radical (unpaired) electrons. The van der Waals surface area contributed by atoms with Crippen molar-refractivity contribution in [2.45, 2.75) is 46.4 Å². The molecule has 0 saturated heterocycles. The Bertz CT molecular complexity index is 422. The quantitative estimate of drug-likeness (QED) is 0.760. The molecule has 0 aliphatic heterocycles. The van der Waals surface area contributed by atoms with Crippen LogP contribution in [0.4, 0.5) is 0 Å². The zero-order chi connectivity index (χ0) is 15.1. The van der Waals surface area contributed by atoms with Gasteiger partial charge in [-0.1, -0.05) is 0 Å². The second kappa shape index (κ2) is 8.49. The van der Waals surface area contributed by atoms with E-state index in [-0.39, 0.29) is 12.2 Å². The lowest BCUT2D eigenvalue weighted by Crippen LogP contribution is -2.23. The highest BCUT2D eigenvalue weighted by molar-refractivity contribution is 9.10. The molecule has 0 aliphatic rings. The first-order chi connectivity index (χ1) is 9.43. The topological polar surface area (TPSA) is 50.7 Å². The zero-order valence-electron chi connectivity index (χ0n) is 12.6. The maximum absolute atomic E-state index is 9.25. The van der Waals surface area contributed by atoms with Crippen molar-refractivity contribution in [1.29, 1.82) is 0 Å². The number of hydrogen-bond acceptors (Lipinski definition) is 4. The molecule has 1 aromatic carbocycles. The predicted molar refractivity (Wildman–Crippen MR) is 84.5 cm³/mol. The number of aliphatic hydroxyl groups is 1. The molecule has 1 rings (SSSR count). The van der Waals surface area contributed by atoms with E-state index in [1.54, 1.807) is 6.92 Å². The molecule has 0 saturated carbocycles. The Labute approximate surface area is 129 Å². The maximum atomic E-state index is 9.25. The van der Waals surface area contributed by atoms with Gasteiger partial charge in [-0.05, 0) is 61.3 Å². The van der Waals surface area contributed by atoms with Crippen LogP contribution in [-0.2, 0) is 6.54 Å². The van der Waals surface area contributed by atoms with Crippen LogP contribution in [0.2, 0.25) is 0 Å². The van der Waals surface area contributed by atoms with Gasteiger partial charge in [0.2, 0.25) is 0 Å². The standard InChI is InChI=1S/C15H24BrNO3/c1-5-19-14-7-12(9-17-8-11(4)18)6-13(16)15(14)20-10(2)3/h6-7,10-11,17-18H,5,8-9H2,1-4H3/t11-/m1/s1. The van der Waals surface area contributed by atoms with Crippen molar-refractivity contribution in [3.05, 3.63) is 22.2 Å². The average Bonchev–Trinajstić information content (AvgIpc) is 2.33. The van der Waals surface area contributed by atoms with E-state index in [2.05, 4.69) is 21.2 Å². The number of ether oxygens (including phenoxy) is 2. The van der Waals surface area contributed by atoms with Crippen LogP contribution in [0.15, 0.2) is 16.6 Å². The van der Waals surface area contributed by atoms with Gasteiger partial charge < -0.3 is 19.9 Å². The van der Waals surface area contributed by atoms with Crippen LogP contribution in [0.5, 0.6) is 11.5 Å². The molecule has 0 spiro atoms. The Hall–Kier alpha value is -0.780. The monoisotopic (exact) mass is 345 g/mol. The summed E-state index contributed by atoms with van der Waals surface area (Å²) >= 11 is 3.54. The van der Waals surface area contributed by atoms with Crippen molar-refractivity contribution in [1.82, 2.24) is 5.32 Å². The molecular weight excluding hydrogens is 322 g/mol. The summed E-state index contributed by atoms with van der Waals surface area (Å²) in [5.74, 6) is 1.48. The second-order valence-electron chi connectivity index (χ2n) is 4.98. The van der Waals surface area contributed by atoms with E-state index >= 15 is 0 Å². The molecule has 2 N–H and O–H groups in total. The van der Waals surface area contributed by atoms with E-state index in [9.17, 15) is 5.11 Å². The summed E-state index contributed by atoms with van der Waals surface area (Å²) in [5.41, 5.74) is 1.08. The summed E-state index contributed by atoms with van der Waals surface area (Å²) in [4.78, 5) is 0. The molecule has 5 heteroatoms. The highest BCUT2D eigenvalue weighted by Gasteiger charge is 2.13. The van der Waals surface area contributed by atoms with Gasteiger partial charge in [-0.25, -0.2) is 0 Å². The van der Waals surface area contributed by atoms with E-state index in [4.69, 9.17) is 9.47 Å². The molecule has 1 aromatic rings. The van der Waals surface area contributed by atoms with Crippen LogP contribution in [0, 0.1) is 0 Å². The van der Waals surface area contributed by atoms with Crippen molar-refractivity contribution >= 4 is 15.9 Å². The fourth-order valence-corrected chi connectivity index (χ4v) is 2.34. The molecule has 114 valence electrons. The fourth-order valence-electron chi connectivity index (χ4n) is 1.76. The van der Waals surface area contributed by atoms with Crippen LogP contribution in [-0.4, -0.2) is 30.5 Å². The first-order valence-corrected chi connectivity index (χ1v) is 7.74. The molecule has 0 heterocycles. The minimum absolute atomic E-state index is 0.0877. The van der Waals surface area contributed by atoms with Crippen molar-refractivity contribution in [3.63, 3.8) is 0 Å². The first-order valence-electron chi connectivity index (χ1n) is 6.94. The number of aliphatic hydroxyl groups excluding tert-OH is 1. The van der Waals surface area contributed by atoms with E-state index in [0.717, 1.165) is 21.5 Å². The number of hydrogen-bond donors (Lipinski definition) is 2. The number of rotatable bonds is 8. The van der Waals surface area contributed by atoms with Gasteiger partial charge in [-0.3, -0.25) is 0 Å². The Kier molecular flexibility index (Phi) is 7.34. The van der Waals surface area contributed by atoms with Crippen LogP contribution in [0.25, 0.3) is 0 Å². The summed E-state index contributed by atoms with van der Waals surface area (Å²) in [6, 6.07) is 3.98. The lowest BCUT2D eigenvalue weighted by Gasteiger charge is -2.17. The third-order valence-corrected chi connectivity index (χ3v) is 3.08. The van der Waals surface area contributed by atoms with Crippen LogP contribution in [0.1, 0.15) is 33.3 Å². The van der Waals surface area contributed by atoms with Crippen molar-refractivity contribution in [2.75, 3.05) is 13.2 Å². The molecule has 1 atom stereocenters. The van der Waals surface area contributed by atoms with Gasteiger partial charge in [-0.2, -0.15) is 0 Å². The minimum Gasteiger partial charge on any atom is -0.490 e. The Balaban J connectivity index is 2.88. The Morgan fingerprint density at radius 1 is 1.30 bits per heavy atom. The lowest BCUT2D eigenvalue weighted by atomic mass is 10.2. The van der Waals surface area contributed by atoms with Gasteiger partial charge in [-0.15, -0.1) is 0 Å². The van der Waals surface area contributed by atoms with E-state index < -0.39 is 0 Å². The predicted octanol–water partition coefficient (Wildman–Crippen LogP) is 3.11. The van der Waals surface area contributed by atoms with E-state index in [0.29, 0.717) is 19.7 Å². The number of halogens is 1. The third kappa shape index (κ3) is 5.69. The molecule has 0 aromatic heterocycles. The SMILES string of the molecule is CCOc1cc(CNC[C@@H](C)O)cc(Br)c1OC(C)C. The Morgan fingerprint density at radius 3 is 2.55 bits per heavy atom. The van der Waals surface area contributed by atoms with Crippen LogP contribution < -0.4 is 14.8 Å². The summed E-state index contributed by atoms with van der Waals surface area (Å²) < 4.78 is 12.3. The number of benzene rings is 1. The maximum Gasteiger partial charge on any atom is 0.175 e. The van der Waals surface area contributed by atoms with Gasteiger partial charge in [0.15, 0.2) is 11.5 Å². The van der Waals surface area contributed by atoms with Gasteiger partial charge >= 0.3 is 0 Å². The van der Waals surface area contributed by atoms with Crippen molar-refractivity contribution < 1.29 is 14.6 Å². The molecule has 0 bridgehead atoms. The van der Waals surface area contributed by atoms with Crippen molar-refractivity contribution in [2.24, 2.45) is 0 Å².